The summed E-state index contributed by atoms with van der Waals surface area (Å²) >= 11 is 0. The minimum absolute atomic E-state index is 0.101. The number of carbonyl (C=O) groups excluding carboxylic acids is 2. The van der Waals surface area contributed by atoms with Crippen molar-refractivity contribution in [3.05, 3.63) is 71.6 Å². The molecule has 0 aliphatic heterocycles. The first kappa shape index (κ1) is 18.2. The molecule has 0 fully saturated rings. The Labute approximate surface area is 155 Å². The lowest BCUT2D eigenvalue weighted by Gasteiger charge is -2.10. The first-order chi connectivity index (χ1) is 13.0. The monoisotopic (exact) mass is 365 g/mol. The molecule has 2 aromatic carbocycles. The van der Waals surface area contributed by atoms with Gasteiger partial charge in [-0.05, 0) is 48.9 Å². The normalized spacial score (nSPS) is 10.3. The molecule has 3 aromatic rings. The summed E-state index contributed by atoms with van der Waals surface area (Å²) in [6.45, 7) is 2.18. The number of nitrogens with two attached hydrogens (primary N) is 1. The van der Waals surface area contributed by atoms with E-state index in [1.54, 1.807) is 36.4 Å². The number of hydrogen-bond acceptors (Lipinski definition) is 6. The van der Waals surface area contributed by atoms with E-state index in [9.17, 15) is 9.59 Å². The van der Waals surface area contributed by atoms with Crippen LogP contribution in [0, 0.1) is 6.92 Å². The van der Waals surface area contributed by atoms with Crippen LogP contribution in [0.5, 0.6) is 0 Å². The molecule has 0 aliphatic rings. The first-order valence-electron chi connectivity index (χ1n) is 8.24. The molecule has 2 amide bonds. The van der Waals surface area contributed by atoms with E-state index in [4.69, 9.17) is 10.3 Å². The summed E-state index contributed by atoms with van der Waals surface area (Å²) < 4.78 is 4.82. The number of amides is 2. The fourth-order valence-electron chi connectivity index (χ4n) is 2.54. The van der Waals surface area contributed by atoms with Gasteiger partial charge < -0.3 is 26.2 Å². The second kappa shape index (κ2) is 8.15. The highest BCUT2D eigenvalue weighted by Crippen LogP contribution is 2.19. The Bertz CT molecular complexity index is 954. The van der Waals surface area contributed by atoms with Crippen molar-refractivity contribution in [1.29, 1.82) is 0 Å². The van der Waals surface area contributed by atoms with Gasteiger partial charge in [-0.1, -0.05) is 11.2 Å². The Morgan fingerprint density at radius 3 is 2.41 bits per heavy atom. The Balaban J connectivity index is 1.72. The van der Waals surface area contributed by atoms with E-state index in [1.807, 2.05) is 13.0 Å². The second-order valence-corrected chi connectivity index (χ2v) is 5.83. The number of benzene rings is 2. The number of rotatable bonds is 6. The average Bonchev–Trinajstić information content (AvgIpc) is 3.16. The number of aromatic nitrogens is 1. The molecule has 8 heteroatoms. The van der Waals surface area contributed by atoms with Crippen LogP contribution < -0.4 is 21.7 Å². The summed E-state index contributed by atoms with van der Waals surface area (Å²) in [5, 5.41) is 12.0. The van der Waals surface area contributed by atoms with E-state index in [0.29, 0.717) is 16.9 Å². The van der Waals surface area contributed by atoms with E-state index >= 15 is 0 Å². The SMILES string of the molecule is Cc1cc(NCN)cc(C(=O)Nc2cccc(NC(=O)c3ccno3)c2)c1. The van der Waals surface area contributed by atoms with Crippen molar-refractivity contribution in [1.82, 2.24) is 5.16 Å². The molecular formula is C19H19N5O3. The van der Waals surface area contributed by atoms with Gasteiger partial charge in [-0.25, -0.2) is 0 Å². The molecule has 0 spiro atoms. The van der Waals surface area contributed by atoms with Crippen LogP contribution in [0.2, 0.25) is 0 Å². The molecule has 27 heavy (non-hydrogen) atoms. The summed E-state index contributed by atoms with van der Waals surface area (Å²) in [6.07, 6.45) is 1.39. The lowest BCUT2D eigenvalue weighted by atomic mass is 10.1. The van der Waals surface area contributed by atoms with E-state index in [1.165, 1.54) is 12.3 Å². The van der Waals surface area contributed by atoms with Crippen molar-refractivity contribution in [2.24, 2.45) is 5.73 Å². The molecule has 0 bridgehead atoms. The lowest BCUT2D eigenvalue weighted by Crippen LogP contribution is -2.15. The molecular weight excluding hydrogens is 346 g/mol. The molecule has 0 radical (unpaired) electrons. The zero-order valence-corrected chi connectivity index (χ0v) is 14.7. The largest absolute Gasteiger partial charge is 0.373 e. The number of anilines is 3. The van der Waals surface area contributed by atoms with Gasteiger partial charge in [0.25, 0.3) is 11.8 Å². The predicted octanol–water partition coefficient (Wildman–Crippen LogP) is 2.82. The van der Waals surface area contributed by atoms with Crippen LogP contribution >= 0.6 is 0 Å². The summed E-state index contributed by atoms with van der Waals surface area (Å²) in [5.74, 6) is -0.589. The molecule has 0 aliphatic carbocycles. The van der Waals surface area contributed by atoms with Gasteiger partial charge in [0.05, 0.1) is 12.9 Å². The Morgan fingerprint density at radius 1 is 1.00 bits per heavy atom. The molecule has 5 N–H and O–H groups in total. The van der Waals surface area contributed by atoms with Gasteiger partial charge >= 0.3 is 0 Å². The van der Waals surface area contributed by atoms with Gasteiger partial charge in [0.2, 0.25) is 5.76 Å². The van der Waals surface area contributed by atoms with Crippen LogP contribution in [0.15, 0.2) is 59.3 Å². The maximum atomic E-state index is 12.6. The number of hydrogen-bond donors (Lipinski definition) is 4. The van der Waals surface area contributed by atoms with E-state index < -0.39 is 5.91 Å². The van der Waals surface area contributed by atoms with Crippen LogP contribution in [0.3, 0.4) is 0 Å². The number of carbonyl (C=O) groups is 2. The van der Waals surface area contributed by atoms with Gasteiger partial charge in [-0.15, -0.1) is 0 Å². The third-order valence-electron chi connectivity index (χ3n) is 3.69. The molecule has 0 unspecified atom stereocenters. The number of nitrogens with zero attached hydrogens (tertiary/aromatic N) is 1. The molecule has 0 saturated heterocycles. The molecule has 3 rings (SSSR count). The Kier molecular flexibility index (Phi) is 5.48. The molecule has 138 valence electrons. The van der Waals surface area contributed by atoms with Crippen molar-refractivity contribution < 1.29 is 14.1 Å². The smallest absolute Gasteiger partial charge is 0.294 e. The van der Waals surface area contributed by atoms with Gasteiger partial charge in [0, 0.05) is 28.7 Å². The van der Waals surface area contributed by atoms with Gasteiger partial charge in [-0.2, -0.15) is 0 Å². The van der Waals surface area contributed by atoms with Gasteiger partial charge in [0.15, 0.2) is 0 Å². The second-order valence-electron chi connectivity index (χ2n) is 5.83. The zero-order chi connectivity index (χ0) is 19.2. The Morgan fingerprint density at radius 2 is 1.74 bits per heavy atom. The van der Waals surface area contributed by atoms with Crippen molar-refractivity contribution in [3.8, 4) is 0 Å². The van der Waals surface area contributed by atoms with Crippen molar-refractivity contribution >= 4 is 28.9 Å². The van der Waals surface area contributed by atoms with Crippen LogP contribution in [0.1, 0.15) is 26.5 Å². The predicted molar refractivity (Wildman–Crippen MR) is 103 cm³/mol. The fraction of sp³-hybridized carbons (Fsp3) is 0.105. The highest BCUT2D eigenvalue weighted by Gasteiger charge is 2.12. The van der Waals surface area contributed by atoms with E-state index in [-0.39, 0.29) is 18.3 Å². The third kappa shape index (κ3) is 4.71. The molecule has 0 saturated carbocycles. The van der Waals surface area contributed by atoms with Crippen molar-refractivity contribution in [2.45, 2.75) is 6.92 Å². The minimum Gasteiger partial charge on any atom is -0.373 e. The maximum Gasteiger partial charge on any atom is 0.294 e. The maximum absolute atomic E-state index is 12.6. The zero-order valence-electron chi connectivity index (χ0n) is 14.7. The summed E-state index contributed by atoms with van der Waals surface area (Å²) in [6, 6.07) is 13.7. The van der Waals surface area contributed by atoms with Crippen molar-refractivity contribution in [2.75, 3.05) is 22.6 Å². The van der Waals surface area contributed by atoms with Crippen LogP contribution in [0.25, 0.3) is 0 Å². The third-order valence-corrected chi connectivity index (χ3v) is 3.69. The molecule has 1 aromatic heterocycles. The quantitative estimate of drug-likeness (QED) is 0.498. The van der Waals surface area contributed by atoms with Crippen LogP contribution in [0.4, 0.5) is 17.1 Å². The molecule has 1 heterocycles. The van der Waals surface area contributed by atoms with Crippen LogP contribution in [-0.4, -0.2) is 23.6 Å². The van der Waals surface area contributed by atoms with E-state index in [2.05, 4.69) is 21.1 Å². The summed E-state index contributed by atoms with van der Waals surface area (Å²) in [5.41, 5.74) is 8.77. The van der Waals surface area contributed by atoms with Gasteiger partial charge in [-0.3, -0.25) is 9.59 Å². The van der Waals surface area contributed by atoms with Crippen LogP contribution in [-0.2, 0) is 0 Å². The highest BCUT2D eigenvalue weighted by atomic mass is 16.5. The lowest BCUT2D eigenvalue weighted by molar-refractivity contribution is 0.0986. The topological polar surface area (TPSA) is 122 Å². The number of nitrogens with one attached hydrogen (secondary N) is 3. The van der Waals surface area contributed by atoms with Crippen molar-refractivity contribution in [3.63, 3.8) is 0 Å². The summed E-state index contributed by atoms with van der Waals surface area (Å²) in [7, 11) is 0. The fourth-order valence-corrected chi connectivity index (χ4v) is 2.54. The minimum atomic E-state index is -0.424. The van der Waals surface area contributed by atoms with E-state index in [0.717, 1.165) is 11.3 Å². The van der Waals surface area contributed by atoms with Gasteiger partial charge in [0.1, 0.15) is 0 Å². The molecule has 8 nitrogen and oxygen atoms in total. The average molecular weight is 365 g/mol. The summed E-state index contributed by atoms with van der Waals surface area (Å²) in [4.78, 5) is 24.6. The molecule has 0 atom stereocenters. The Hall–Kier alpha value is -3.65. The standard InChI is InChI=1S/C19H19N5O3/c1-12-7-13(9-16(8-12)21-11-20)18(25)23-14-3-2-4-15(10-14)24-19(26)17-5-6-22-27-17/h2-10,21H,11,20H2,1H3,(H,23,25)(H,24,26). The first-order valence-corrected chi connectivity index (χ1v) is 8.24. The number of aryl methyl sites for hydroxylation is 1. The highest BCUT2D eigenvalue weighted by molar-refractivity contribution is 6.06.